The number of pyridine rings is 1. The Bertz CT molecular complexity index is 1450. The van der Waals surface area contributed by atoms with Gasteiger partial charge >= 0.3 is 5.97 Å². The molecule has 3 aromatic rings. The van der Waals surface area contributed by atoms with Crippen molar-refractivity contribution in [2.24, 2.45) is 11.8 Å². The fourth-order valence-corrected chi connectivity index (χ4v) is 6.16. The van der Waals surface area contributed by atoms with E-state index in [1.807, 2.05) is 13.0 Å². The van der Waals surface area contributed by atoms with Crippen LogP contribution >= 0.6 is 0 Å². The minimum Gasteiger partial charge on any atom is -0.485 e. The van der Waals surface area contributed by atoms with Crippen LogP contribution in [0.2, 0.25) is 0 Å². The second kappa shape index (κ2) is 12.3. The first-order chi connectivity index (χ1) is 19.9. The zero-order chi connectivity index (χ0) is 29.1. The highest BCUT2D eigenvalue weighted by Gasteiger charge is 2.39. The third-order valence-corrected chi connectivity index (χ3v) is 8.77. The van der Waals surface area contributed by atoms with Crippen LogP contribution in [0.1, 0.15) is 79.9 Å². The maximum absolute atomic E-state index is 11.9. The Morgan fingerprint density at radius 3 is 2.59 bits per heavy atom. The SMILES string of the molecule is CCN(CC)Cc1cc([C@@H]2CCc3ccc(C(C4CC4)C(C)C(=O)O)cc3O2)ccc1-c1cc(OC)ncc1C#N. The van der Waals surface area contributed by atoms with Crippen LogP contribution < -0.4 is 9.47 Å². The first-order valence-corrected chi connectivity index (χ1v) is 14.7. The highest BCUT2D eigenvalue weighted by Crippen LogP contribution is 2.48. The average molecular weight is 554 g/mol. The second-order valence-corrected chi connectivity index (χ2v) is 11.3. The van der Waals surface area contributed by atoms with Crippen LogP contribution in [0.4, 0.5) is 0 Å². The van der Waals surface area contributed by atoms with Gasteiger partial charge in [0.15, 0.2) is 0 Å². The summed E-state index contributed by atoms with van der Waals surface area (Å²) in [5, 5.41) is 19.6. The molecule has 1 fully saturated rings. The first kappa shape index (κ1) is 28.6. The number of carbonyl (C=O) groups is 1. The van der Waals surface area contributed by atoms with E-state index < -0.39 is 11.9 Å². The van der Waals surface area contributed by atoms with E-state index >= 15 is 0 Å². The number of methoxy groups -OCH3 is 1. The summed E-state index contributed by atoms with van der Waals surface area (Å²) in [4.78, 5) is 18.5. The van der Waals surface area contributed by atoms with Gasteiger partial charge in [0.1, 0.15) is 17.9 Å². The summed E-state index contributed by atoms with van der Waals surface area (Å²) in [6.45, 7) is 8.71. The van der Waals surface area contributed by atoms with Crippen molar-refractivity contribution in [1.82, 2.24) is 9.88 Å². The number of carboxylic acids is 1. The lowest BCUT2D eigenvalue weighted by molar-refractivity contribution is -0.142. The van der Waals surface area contributed by atoms with Gasteiger partial charge in [-0.15, -0.1) is 0 Å². The lowest BCUT2D eigenvalue weighted by Gasteiger charge is -2.29. The molecule has 7 nitrogen and oxygen atoms in total. The van der Waals surface area contributed by atoms with Crippen molar-refractivity contribution >= 4 is 5.97 Å². The van der Waals surface area contributed by atoms with Gasteiger partial charge in [0.2, 0.25) is 5.88 Å². The van der Waals surface area contributed by atoms with Gasteiger partial charge in [-0.05, 0) is 84.5 Å². The molecule has 1 N–H and O–H groups in total. The van der Waals surface area contributed by atoms with E-state index in [0.29, 0.717) is 17.4 Å². The molecule has 0 bridgehead atoms. The molecule has 0 saturated heterocycles. The van der Waals surface area contributed by atoms with E-state index in [4.69, 9.17) is 9.47 Å². The van der Waals surface area contributed by atoms with Crippen molar-refractivity contribution in [1.29, 1.82) is 5.26 Å². The first-order valence-electron chi connectivity index (χ1n) is 14.7. The van der Waals surface area contributed by atoms with Gasteiger partial charge in [0.25, 0.3) is 0 Å². The number of carboxylic acid groups (broad SMARTS) is 1. The number of nitriles is 1. The fourth-order valence-electron chi connectivity index (χ4n) is 6.16. The Kier molecular flexibility index (Phi) is 8.60. The van der Waals surface area contributed by atoms with E-state index in [-0.39, 0.29) is 12.0 Å². The zero-order valence-electron chi connectivity index (χ0n) is 24.4. The molecule has 7 heteroatoms. The molecule has 1 aliphatic carbocycles. The Balaban J connectivity index is 1.49. The van der Waals surface area contributed by atoms with Gasteiger partial charge in [0, 0.05) is 24.4 Å². The molecular weight excluding hydrogens is 514 g/mol. The van der Waals surface area contributed by atoms with E-state index in [9.17, 15) is 15.2 Å². The summed E-state index contributed by atoms with van der Waals surface area (Å²) < 4.78 is 12.0. The number of hydrogen-bond donors (Lipinski definition) is 1. The van der Waals surface area contributed by atoms with Crippen LogP contribution in [0.25, 0.3) is 11.1 Å². The normalized spacial score (nSPS) is 17.7. The van der Waals surface area contributed by atoms with E-state index in [1.165, 1.54) is 5.56 Å². The quantitative estimate of drug-likeness (QED) is 0.281. The molecule has 1 saturated carbocycles. The van der Waals surface area contributed by atoms with Crippen molar-refractivity contribution in [3.05, 3.63) is 76.5 Å². The number of aromatic nitrogens is 1. The van der Waals surface area contributed by atoms with Gasteiger partial charge in [-0.2, -0.15) is 5.26 Å². The van der Waals surface area contributed by atoms with Crippen LogP contribution in [-0.4, -0.2) is 41.2 Å². The minimum atomic E-state index is -0.745. The standard InChI is InChI=1S/C34H39N3O4/c1-5-37(6-2)20-26-15-24(11-13-28(26)29-17-32(40-4)36-19-27(29)18-35)30-14-12-22-7-10-25(16-31(22)41-30)33(23-8-9-23)21(3)34(38)39/h7,10-11,13,15-17,19,21,23,30,33H,5-6,8-9,12,14,20H2,1-4H3,(H,38,39)/t21?,30-,33?/m0/s1. The fraction of sp³-hybridized carbons (Fsp3) is 0.441. The largest absolute Gasteiger partial charge is 0.485 e. The van der Waals surface area contributed by atoms with Crippen LogP contribution in [0.5, 0.6) is 11.6 Å². The predicted octanol–water partition coefficient (Wildman–Crippen LogP) is 6.75. The number of hydrogen-bond acceptors (Lipinski definition) is 6. The lowest BCUT2D eigenvalue weighted by atomic mass is 9.82. The summed E-state index contributed by atoms with van der Waals surface area (Å²) in [6, 6.07) is 16.9. The Labute approximate surface area is 242 Å². The highest BCUT2D eigenvalue weighted by molar-refractivity contribution is 5.74. The monoisotopic (exact) mass is 553 g/mol. The third-order valence-electron chi connectivity index (χ3n) is 8.77. The van der Waals surface area contributed by atoms with Gasteiger partial charge in [-0.1, -0.05) is 51.1 Å². The van der Waals surface area contributed by atoms with Gasteiger partial charge in [-0.3, -0.25) is 9.69 Å². The summed E-state index contributed by atoms with van der Waals surface area (Å²) in [5.74, 6) is 0.599. The molecule has 41 heavy (non-hydrogen) atoms. The van der Waals surface area contributed by atoms with Gasteiger partial charge in [0.05, 0.1) is 18.6 Å². The van der Waals surface area contributed by atoms with Crippen molar-refractivity contribution in [2.45, 2.75) is 65.0 Å². The van der Waals surface area contributed by atoms with Crippen molar-refractivity contribution < 1.29 is 19.4 Å². The molecule has 1 aromatic heterocycles. The number of benzene rings is 2. The molecule has 2 unspecified atom stereocenters. The molecular formula is C34H39N3O4. The Morgan fingerprint density at radius 1 is 1.15 bits per heavy atom. The molecule has 2 aliphatic rings. The zero-order valence-corrected chi connectivity index (χ0v) is 24.4. The number of fused-ring (bicyclic) bond motifs is 1. The van der Waals surface area contributed by atoms with Crippen LogP contribution in [0.15, 0.2) is 48.7 Å². The molecule has 5 rings (SSSR count). The van der Waals surface area contributed by atoms with Crippen molar-refractivity contribution in [2.75, 3.05) is 20.2 Å². The number of nitrogens with zero attached hydrogens (tertiary/aromatic N) is 3. The average Bonchev–Trinajstić information content (AvgIpc) is 3.84. The molecule has 2 aromatic carbocycles. The van der Waals surface area contributed by atoms with Crippen LogP contribution in [0, 0.1) is 23.2 Å². The smallest absolute Gasteiger partial charge is 0.306 e. The third kappa shape index (κ3) is 6.08. The number of ether oxygens (including phenoxy) is 2. The number of rotatable bonds is 11. The highest BCUT2D eigenvalue weighted by atomic mass is 16.5. The summed E-state index contributed by atoms with van der Waals surface area (Å²) in [5.41, 5.74) is 6.78. The summed E-state index contributed by atoms with van der Waals surface area (Å²) >= 11 is 0. The van der Waals surface area contributed by atoms with E-state index in [1.54, 1.807) is 13.3 Å². The topological polar surface area (TPSA) is 95.7 Å². The van der Waals surface area contributed by atoms with Crippen LogP contribution in [-0.2, 0) is 17.8 Å². The molecule has 0 amide bonds. The summed E-state index contributed by atoms with van der Waals surface area (Å²) in [6.07, 6.45) is 5.39. The number of aryl methyl sites for hydroxylation is 1. The van der Waals surface area contributed by atoms with E-state index in [0.717, 1.165) is 78.9 Å². The molecule has 0 spiro atoms. The molecule has 0 radical (unpaired) electrons. The molecule has 3 atom stereocenters. The lowest BCUT2D eigenvalue weighted by Crippen LogP contribution is -2.23. The van der Waals surface area contributed by atoms with Crippen LogP contribution in [0.3, 0.4) is 0 Å². The molecule has 214 valence electrons. The predicted molar refractivity (Wildman–Crippen MR) is 158 cm³/mol. The second-order valence-electron chi connectivity index (χ2n) is 11.3. The minimum absolute atomic E-state index is 0.00779. The molecule has 1 aliphatic heterocycles. The van der Waals surface area contributed by atoms with Crippen molar-refractivity contribution in [3.63, 3.8) is 0 Å². The van der Waals surface area contributed by atoms with Crippen molar-refractivity contribution in [3.8, 4) is 28.8 Å². The Hall–Kier alpha value is -3.89. The molecule has 2 heterocycles. The number of aliphatic carboxylic acids is 1. The maximum atomic E-state index is 11.9. The summed E-state index contributed by atoms with van der Waals surface area (Å²) in [7, 11) is 1.58. The maximum Gasteiger partial charge on any atom is 0.306 e. The van der Waals surface area contributed by atoms with E-state index in [2.05, 4.69) is 66.2 Å². The Morgan fingerprint density at radius 2 is 1.93 bits per heavy atom. The van der Waals surface area contributed by atoms with Gasteiger partial charge < -0.3 is 14.6 Å². The van der Waals surface area contributed by atoms with Gasteiger partial charge in [-0.25, -0.2) is 4.98 Å².